The fourth-order valence-corrected chi connectivity index (χ4v) is 3.81. The summed E-state index contributed by atoms with van der Waals surface area (Å²) >= 11 is 0. The van der Waals surface area contributed by atoms with E-state index in [0.717, 1.165) is 40.8 Å². The van der Waals surface area contributed by atoms with Crippen molar-refractivity contribution in [3.63, 3.8) is 0 Å². The number of benzene rings is 1. The molecule has 2 unspecified atom stereocenters. The van der Waals surface area contributed by atoms with Gasteiger partial charge >= 0.3 is 0 Å². The third-order valence-corrected chi connectivity index (χ3v) is 5.46. The van der Waals surface area contributed by atoms with Crippen LogP contribution < -0.4 is 5.32 Å². The van der Waals surface area contributed by atoms with Crippen LogP contribution in [0.4, 0.5) is 4.39 Å². The van der Waals surface area contributed by atoms with Gasteiger partial charge in [0.25, 0.3) is 0 Å². The largest absolute Gasteiger partial charge is 0.314 e. The second kappa shape index (κ2) is 8.95. The smallest absolute Gasteiger partial charge is 0.159 e. The van der Waals surface area contributed by atoms with E-state index >= 15 is 0 Å². The quantitative estimate of drug-likeness (QED) is 0.525. The molecule has 1 saturated heterocycles. The molecule has 7 nitrogen and oxygen atoms in total. The highest BCUT2D eigenvalue weighted by Crippen LogP contribution is 2.27. The highest BCUT2D eigenvalue weighted by Gasteiger charge is 2.26. The van der Waals surface area contributed by atoms with Gasteiger partial charge in [0.15, 0.2) is 5.82 Å². The number of halogens is 2. The van der Waals surface area contributed by atoms with Crippen molar-refractivity contribution in [2.75, 3.05) is 13.1 Å². The van der Waals surface area contributed by atoms with Crippen LogP contribution in [0, 0.1) is 0 Å². The van der Waals surface area contributed by atoms with E-state index in [1.54, 1.807) is 28.0 Å². The lowest BCUT2D eigenvalue weighted by Gasteiger charge is -2.26. The molecule has 5 rings (SSSR count). The molecule has 0 radical (unpaired) electrons. The number of alkyl halides is 1. The highest BCUT2D eigenvalue weighted by molar-refractivity contribution is 5.85. The molecule has 1 fully saturated rings. The number of nitrogens with one attached hydrogen (secondary N) is 1. The number of piperidine rings is 1. The van der Waals surface area contributed by atoms with Gasteiger partial charge in [-0.3, -0.25) is 9.36 Å². The standard InChI is InChI=1S/C22H22FN7.ClH/c1-29-13-18(10-27-29)15-3-2-4-16(7-15)22-25-8-17(9-26-22)19-11-28-30(14-19)21-5-6-24-12-20(21)23;/h2-4,7-11,13-14,20-21,24H,5-6,12H2,1H3;1H. The Labute approximate surface area is 185 Å². The van der Waals surface area contributed by atoms with E-state index in [1.807, 2.05) is 43.8 Å². The number of rotatable bonds is 4. The van der Waals surface area contributed by atoms with Crippen LogP contribution in [0.2, 0.25) is 0 Å². The predicted octanol–water partition coefficient (Wildman–Crippen LogP) is 3.70. The van der Waals surface area contributed by atoms with Gasteiger partial charge in [0.2, 0.25) is 0 Å². The van der Waals surface area contributed by atoms with E-state index in [4.69, 9.17) is 0 Å². The minimum atomic E-state index is -0.933. The van der Waals surface area contributed by atoms with Gasteiger partial charge in [-0.15, -0.1) is 12.4 Å². The van der Waals surface area contributed by atoms with Crippen LogP contribution in [0.1, 0.15) is 12.5 Å². The second-order valence-corrected chi connectivity index (χ2v) is 7.56. The van der Waals surface area contributed by atoms with Crippen LogP contribution in [0.25, 0.3) is 33.6 Å². The van der Waals surface area contributed by atoms with Crippen molar-refractivity contribution in [2.24, 2.45) is 7.05 Å². The molecule has 0 amide bonds. The monoisotopic (exact) mass is 439 g/mol. The van der Waals surface area contributed by atoms with Gasteiger partial charge in [0.1, 0.15) is 6.17 Å². The fourth-order valence-electron chi connectivity index (χ4n) is 3.81. The van der Waals surface area contributed by atoms with E-state index in [2.05, 4.69) is 31.5 Å². The summed E-state index contributed by atoms with van der Waals surface area (Å²) in [6.07, 6.45) is 10.8. The van der Waals surface area contributed by atoms with Crippen molar-refractivity contribution in [2.45, 2.75) is 18.6 Å². The minimum absolute atomic E-state index is 0. The highest BCUT2D eigenvalue weighted by atomic mass is 35.5. The molecular weight excluding hydrogens is 417 g/mol. The summed E-state index contributed by atoms with van der Waals surface area (Å²) < 4.78 is 17.7. The van der Waals surface area contributed by atoms with Crippen LogP contribution in [0.15, 0.2) is 61.4 Å². The molecule has 9 heteroatoms. The molecule has 1 aliphatic rings. The molecule has 0 saturated carbocycles. The van der Waals surface area contributed by atoms with Crippen molar-refractivity contribution in [3.05, 3.63) is 61.4 Å². The van der Waals surface area contributed by atoms with Gasteiger partial charge in [-0.25, -0.2) is 14.4 Å². The second-order valence-electron chi connectivity index (χ2n) is 7.56. The Kier molecular flexibility index (Phi) is 6.11. The first-order chi connectivity index (χ1) is 14.7. The molecule has 160 valence electrons. The third-order valence-electron chi connectivity index (χ3n) is 5.46. The maximum atomic E-state index is 14.2. The summed E-state index contributed by atoms with van der Waals surface area (Å²) in [5.74, 6) is 0.652. The van der Waals surface area contributed by atoms with Crippen molar-refractivity contribution < 1.29 is 4.39 Å². The first-order valence-corrected chi connectivity index (χ1v) is 9.98. The summed E-state index contributed by atoms with van der Waals surface area (Å²) in [4.78, 5) is 9.10. The summed E-state index contributed by atoms with van der Waals surface area (Å²) in [7, 11) is 1.90. The van der Waals surface area contributed by atoms with Crippen LogP contribution in [0.3, 0.4) is 0 Å². The molecule has 0 bridgehead atoms. The van der Waals surface area contributed by atoms with E-state index in [1.165, 1.54) is 0 Å². The molecule has 0 aliphatic carbocycles. The van der Waals surface area contributed by atoms with Gasteiger partial charge in [0.05, 0.1) is 18.4 Å². The Bertz CT molecular complexity index is 1150. The van der Waals surface area contributed by atoms with Gasteiger partial charge in [-0.2, -0.15) is 10.2 Å². The van der Waals surface area contributed by atoms with Gasteiger partial charge < -0.3 is 5.32 Å². The SMILES string of the molecule is Cl.Cn1cc(-c2cccc(-c3ncc(-c4cnn(C5CCNCC5F)c4)cn3)c2)cn1. The zero-order valence-electron chi connectivity index (χ0n) is 17.0. The lowest BCUT2D eigenvalue weighted by Crippen LogP contribution is -2.39. The summed E-state index contributed by atoms with van der Waals surface area (Å²) in [5, 5.41) is 11.7. The van der Waals surface area contributed by atoms with E-state index in [9.17, 15) is 4.39 Å². The van der Waals surface area contributed by atoms with Crippen LogP contribution in [-0.4, -0.2) is 48.8 Å². The predicted molar refractivity (Wildman–Crippen MR) is 120 cm³/mol. The lowest BCUT2D eigenvalue weighted by molar-refractivity contribution is 0.173. The molecule has 4 aromatic rings. The average Bonchev–Trinajstić information content (AvgIpc) is 3.44. The Morgan fingerprint density at radius 2 is 1.68 bits per heavy atom. The van der Waals surface area contributed by atoms with Crippen molar-refractivity contribution in [1.29, 1.82) is 0 Å². The summed E-state index contributed by atoms with van der Waals surface area (Å²) in [6, 6.07) is 7.86. The van der Waals surface area contributed by atoms with Crippen LogP contribution in [0.5, 0.6) is 0 Å². The first-order valence-electron chi connectivity index (χ1n) is 9.98. The molecule has 1 aromatic carbocycles. The van der Waals surface area contributed by atoms with Crippen molar-refractivity contribution in [3.8, 4) is 33.6 Å². The Hall–Kier alpha value is -3.10. The van der Waals surface area contributed by atoms with Crippen LogP contribution >= 0.6 is 12.4 Å². The number of aryl methyl sites for hydroxylation is 1. The van der Waals surface area contributed by atoms with Crippen molar-refractivity contribution in [1.82, 2.24) is 34.8 Å². The summed E-state index contributed by atoms with van der Waals surface area (Å²) in [6.45, 7) is 1.17. The molecule has 4 heterocycles. The van der Waals surface area contributed by atoms with E-state index in [0.29, 0.717) is 12.4 Å². The Morgan fingerprint density at radius 3 is 2.42 bits per heavy atom. The van der Waals surface area contributed by atoms with Gasteiger partial charge in [-0.05, 0) is 24.6 Å². The Balaban J connectivity index is 0.00000231. The molecule has 0 spiro atoms. The number of aromatic nitrogens is 6. The zero-order chi connectivity index (χ0) is 20.5. The lowest BCUT2D eigenvalue weighted by atomic mass is 10.1. The maximum absolute atomic E-state index is 14.2. The van der Waals surface area contributed by atoms with Gasteiger partial charge in [-0.1, -0.05) is 18.2 Å². The molecular formula is C22H23ClFN7. The molecule has 3 aromatic heterocycles. The average molecular weight is 440 g/mol. The van der Waals surface area contributed by atoms with Crippen LogP contribution in [-0.2, 0) is 7.05 Å². The fraction of sp³-hybridized carbons (Fsp3) is 0.273. The third kappa shape index (κ3) is 4.35. The van der Waals surface area contributed by atoms with Gasteiger partial charge in [0, 0.05) is 60.6 Å². The number of nitrogens with zero attached hydrogens (tertiary/aromatic N) is 6. The maximum Gasteiger partial charge on any atom is 0.159 e. The molecule has 1 aliphatic heterocycles. The summed E-state index contributed by atoms with van der Waals surface area (Å²) in [5.41, 5.74) is 4.80. The van der Waals surface area contributed by atoms with E-state index < -0.39 is 6.17 Å². The normalized spacial score (nSPS) is 18.5. The van der Waals surface area contributed by atoms with Crippen molar-refractivity contribution >= 4 is 12.4 Å². The van der Waals surface area contributed by atoms with E-state index in [-0.39, 0.29) is 18.4 Å². The minimum Gasteiger partial charge on any atom is -0.314 e. The molecule has 2 atom stereocenters. The Morgan fingerprint density at radius 1 is 0.935 bits per heavy atom. The number of hydrogen-bond acceptors (Lipinski definition) is 5. The first kappa shape index (κ1) is 21.1. The number of hydrogen-bond donors (Lipinski definition) is 1. The zero-order valence-corrected chi connectivity index (χ0v) is 17.8. The molecule has 1 N–H and O–H groups in total. The topological polar surface area (TPSA) is 73.5 Å². The molecule has 31 heavy (non-hydrogen) atoms.